The maximum absolute atomic E-state index is 11.4. The summed E-state index contributed by atoms with van der Waals surface area (Å²) in [5, 5.41) is 23.6. The molecule has 0 amide bonds. The van der Waals surface area contributed by atoms with Crippen LogP contribution in [0.1, 0.15) is 10.5 Å². The van der Waals surface area contributed by atoms with Crippen molar-refractivity contribution in [3.8, 4) is 5.82 Å². The van der Waals surface area contributed by atoms with Crippen molar-refractivity contribution in [2.24, 2.45) is 0 Å². The average Bonchev–Trinajstić information content (AvgIpc) is 3.02. The van der Waals surface area contributed by atoms with Crippen LogP contribution in [0.4, 0.5) is 5.82 Å². The normalized spacial score (nSPS) is 10.8. The molecule has 3 aromatic heterocycles. The monoisotopic (exact) mass is 273 g/mol. The van der Waals surface area contributed by atoms with Gasteiger partial charge < -0.3 is 15.2 Å². The Hall–Kier alpha value is -3.23. The summed E-state index contributed by atoms with van der Waals surface area (Å²) in [5.74, 6) is -1.55. The van der Waals surface area contributed by atoms with E-state index >= 15 is 0 Å². The van der Waals surface area contributed by atoms with E-state index in [9.17, 15) is 20.0 Å². The summed E-state index contributed by atoms with van der Waals surface area (Å²) < 4.78 is 2.46. The van der Waals surface area contributed by atoms with Gasteiger partial charge in [-0.25, -0.2) is 9.78 Å². The molecular weight excluding hydrogens is 266 g/mol. The molecule has 3 aromatic rings. The third-order valence-corrected chi connectivity index (χ3v) is 2.69. The van der Waals surface area contributed by atoms with Crippen LogP contribution in [0, 0.1) is 10.1 Å². The maximum atomic E-state index is 11.4. The molecule has 0 aliphatic carbocycles. The fourth-order valence-corrected chi connectivity index (χ4v) is 1.87. The third kappa shape index (κ3) is 1.68. The molecule has 0 spiro atoms. The number of carboxylic acid groups (broad SMARTS) is 1. The van der Waals surface area contributed by atoms with E-state index in [1.54, 1.807) is 24.4 Å². The Labute approximate surface area is 110 Å². The van der Waals surface area contributed by atoms with Gasteiger partial charge in [-0.2, -0.15) is 0 Å². The summed E-state index contributed by atoms with van der Waals surface area (Å²) in [6.07, 6.45) is 2.85. The lowest BCUT2D eigenvalue weighted by molar-refractivity contribution is -0.389. The molecule has 20 heavy (non-hydrogen) atoms. The van der Waals surface area contributed by atoms with Gasteiger partial charge in [-0.05, 0) is 17.1 Å². The van der Waals surface area contributed by atoms with Gasteiger partial charge in [0.15, 0.2) is 5.69 Å². The van der Waals surface area contributed by atoms with Gasteiger partial charge in [-0.15, -0.1) is 4.68 Å². The van der Waals surface area contributed by atoms with Gasteiger partial charge in [0, 0.05) is 6.20 Å². The number of carboxylic acids is 1. The number of imidazole rings is 1. The second kappa shape index (κ2) is 4.16. The van der Waals surface area contributed by atoms with Crippen molar-refractivity contribution < 1.29 is 14.8 Å². The third-order valence-electron chi connectivity index (χ3n) is 2.69. The van der Waals surface area contributed by atoms with Crippen molar-refractivity contribution in [2.75, 3.05) is 0 Å². The van der Waals surface area contributed by atoms with Crippen molar-refractivity contribution >= 4 is 17.4 Å². The molecule has 9 heteroatoms. The van der Waals surface area contributed by atoms with Crippen molar-refractivity contribution in [1.82, 2.24) is 19.2 Å². The highest BCUT2D eigenvalue weighted by molar-refractivity contribution is 5.90. The quantitative estimate of drug-likeness (QED) is 0.564. The Kier molecular flexibility index (Phi) is 2.46. The van der Waals surface area contributed by atoms with Crippen LogP contribution in [0.15, 0.2) is 36.7 Å². The van der Waals surface area contributed by atoms with E-state index in [4.69, 9.17) is 0 Å². The molecule has 0 radical (unpaired) electrons. The van der Waals surface area contributed by atoms with E-state index in [1.165, 1.54) is 16.7 Å². The Morgan fingerprint density at radius 1 is 1.30 bits per heavy atom. The Bertz CT molecular complexity index is 834. The number of nitro groups is 1. The zero-order chi connectivity index (χ0) is 14.3. The molecule has 0 saturated carbocycles. The first-order chi connectivity index (χ1) is 9.58. The molecule has 9 nitrogen and oxygen atoms in total. The summed E-state index contributed by atoms with van der Waals surface area (Å²) in [7, 11) is 0. The van der Waals surface area contributed by atoms with Crippen molar-refractivity contribution in [3.05, 3.63) is 52.5 Å². The smallest absolute Gasteiger partial charge is 0.390 e. The van der Waals surface area contributed by atoms with Crippen LogP contribution in [0.5, 0.6) is 0 Å². The van der Waals surface area contributed by atoms with E-state index < -0.39 is 10.9 Å². The molecule has 0 bridgehead atoms. The van der Waals surface area contributed by atoms with Gasteiger partial charge in [0.25, 0.3) is 0 Å². The van der Waals surface area contributed by atoms with Gasteiger partial charge >= 0.3 is 11.8 Å². The fraction of sp³-hybridized carbons (Fsp3) is 0. The number of fused-ring (bicyclic) bond motifs is 1. The molecule has 3 rings (SSSR count). The molecule has 0 aromatic carbocycles. The molecule has 100 valence electrons. The lowest BCUT2D eigenvalue weighted by Gasteiger charge is -1.96. The van der Waals surface area contributed by atoms with Gasteiger partial charge in [0.05, 0.1) is 17.4 Å². The summed E-state index contributed by atoms with van der Waals surface area (Å²) in [4.78, 5) is 25.5. The van der Waals surface area contributed by atoms with Crippen molar-refractivity contribution in [3.63, 3.8) is 0 Å². The largest absolute Gasteiger partial charge is 0.476 e. The number of pyridine rings is 1. The first kappa shape index (κ1) is 11.8. The minimum atomic E-state index is -1.20. The Balaban J connectivity index is 2.26. The summed E-state index contributed by atoms with van der Waals surface area (Å²) in [6, 6.07) is 6.18. The highest BCUT2D eigenvalue weighted by Gasteiger charge is 2.23. The molecule has 0 fully saturated rings. The van der Waals surface area contributed by atoms with E-state index in [0.717, 1.165) is 4.68 Å². The maximum Gasteiger partial charge on any atom is 0.390 e. The average molecular weight is 273 g/mol. The first-order valence-electron chi connectivity index (χ1n) is 5.49. The highest BCUT2D eigenvalue weighted by atomic mass is 16.6. The topological polar surface area (TPSA) is 116 Å². The predicted molar refractivity (Wildman–Crippen MR) is 65.9 cm³/mol. The molecule has 1 N–H and O–H groups in total. The van der Waals surface area contributed by atoms with Gasteiger partial charge in [0.1, 0.15) is 5.65 Å². The van der Waals surface area contributed by atoms with Crippen LogP contribution in [-0.2, 0) is 0 Å². The summed E-state index contributed by atoms with van der Waals surface area (Å²) in [6.45, 7) is 0. The summed E-state index contributed by atoms with van der Waals surface area (Å²) >= 11 is 0. The van der Waals surface area contributed by atoms with Crippen LogP contribution in [0.2, 0.25) is 0 Å². The lowest BCUT2D eigenvalue weighted by Crippen LogP contribution is -2.08. The number of hydrogen-bond donors (Lipinski definition) is 1. The van der Waals surface area contributed by atoms with Gasteiger partial charge in [-0.1, -0.05) is 6.07 Å². The lowest BCUT2D eigenvalue weighted by atomic mass is 10.4. The van der Waals surface area contributed by atoms with Gasteiger partial charge in [0.2, 0.25) is 5.82 Å². The molecule has 0 unspecified atom stereocenters. The summed E-state index contributed by atoms with van der Waals surface area (Å²) in [5.41, 5.74) is 0.302. The number of rotatable bonds is 3. The van der Waals surface area contributed by atoms with Crippen LogP contribution in [0.3, 0.4) is 0 Å². The van der Waals surface area contributed by atoms with E-state index in [-0.39, 0.29) is 17.3 Å². The predicted octanol–water partition coefficient (Wildman–Crippen LogP) is 1.13. The van der Waals surface area contributed by atoms with Crippen LogP contribution in [-0.4, -0.2) is 35.2 Å². The second-order valence-corrected chi connectivity index (χ2v) is 3.89. The first-order valence-corrected chi connectivity index (χ1v) is 5.49. The zero-order valence-electron chi connectivity index (χ0n) is 9.87. The van der Waals surface area contributed by atoms with Crippen molar-refractivity contribution in [1.29, 1.82) is 0 Å². The molecule has 3 heterocycles. The number of aromatic carboxylic acids is 1. The Morgan fingerprint density at radius 2 is 2.10 bits per heavy atom. The van der Waals surface area contributed by atoms with Crippen LogP contribution in [0.25, 0.3) is 11.5 Å². The van der Waals surface area contributed by atoms with Crippen molar-refractivity contribution in [2.45, 2.75) is 0 Å². The minimum absolute atomic E-state index is 0.0248. The van der Waals surface area contributed by atoms with E-state index in [1.807, 2.05) is 0 Å². The number of aromatic nitrogens is 4. The van der Waals surface area contributed by atoms with E-state index in [0.29, 0.717) is 5.65 Å². The Morgan fingerprint density at radius 3 is 2.75 bits per heavy atom. The minimum Gasteiger partial charge on any atom is -0.476 e. The molecular formula is C11H7N5O4. The molecule has 0 atom stereocenters. The molecule has 0 aliphatic rings. The highest BCUT2D eigenvalue weighted by Crippen LogP contribution is 2.18. The second-order valence-electron chi connectivity index (χ2n) is 3.89. The standard InChI is InChI=1S/C11H7N5O4/c17-11(18)9-10(12-7-3-1-2-5-14(7)9)15-6-4-8(13-15)16(19)20/h1-6H,(H,17,18). The van der Waals surface area contributed by atoms with Gasteiger partial charge in [-0.3, -0.25) is 4.40 Å². The molecule has 0 aliphatic heterocycles. The van der Waals surface area contributed by atoms with E-state index in [2.05, 4.69) is 10.1 Å². The number of hydrogen-bond acceptors (Lipinski definition) is 5. The number of carbonyl (C=O) groups is 1. The number of nitrogens with zero attached hydrogens (tertiary/aromatic N) is 5. The van der Waals surface area contributed by atoms with Crippen LogP contribution >= 0.6 is 0 Å². The fourth-order valence-electron chi connectivity index (χ4n) is 1.87. The van der Waals surface area contributed by atoms with Crippen LogP contribution < -0.4 is 0 Å². The molecule has 0 saturated heterocycles. The SMILES string of the molecule is O=C(O)c1c(-n2ccc([N+](=O)[O-])n2)nc2ccccn12. The zero-order valence-corrected chi connectivity index (χ0v) is 9.87.